The zero-order valence-corrected chi connectivity index (χ0v) is 13.7. The van der Waals surface area contributed by atoms with E-state index in [0.29, 0.717) is 12.0 Å². The standard InChI is InChI=1S/C20H27N/c1-5-11-21-20(17(4)18-9-7-6-8-10-18)19-13-15(2)12-16(3)14-19/h6-10,12-14,17,20-21H,5,11H2,1-4H3. The minimum absolute atomic E-state index is 0.367. The van der Waals surface area contributed by atoms with Gasteiger partial charge in [-0.2, -0.15) is 0 Å². The van der Waals surface area contributed by atoms with Gasteiger partial charge in [-0.05, 0) is 37.9 Å². The molecule has 0 amide bonds. The molecular formula is C20H27N. The van der Waals surface area contributed by atoms with E-state index in [2.05, 4.69) is 81.5 Å². The lowest BCUT2D eigenvalue weighted by atomic mass is 9.87. The molecule has 2 atom stereocenters. The molecule has 0 aliphatic rings. The van der Waals surface area contributed by atoms with Crippen LogP contribution in [0.5, 0.6) is 0 Å². The number of nitrogens with one attached hydrogen (secondary N) is 1. The molecule has 0 aliphatic carbocycles. The second-order valence-electron chi connectivity index (χ2n) is 6.05. The number of benzene rings is 2. The fourth-order valence-electron chi connectivity index (χ4n) is 3.02. The lowest BCUT2D eigenvalue weighted by molar-refractivity contribution is 0.466. The van der Waals surface area contributed by atoms with E-state index in [-0.39, 0.29) is 0 Å². The Morgan fingerprint density at radius 1 is 0.905 bits per heavy atom. The summed E-state index contributed by atoms with van der Waals surface area (Å²) in [5.74, 6) is 0.457. The highest BCUT2D eigenvalue weighted by Crippen LogP contribution is 2.31. The molecule has 112 valence electrons. The van der Waals surface area contributed by atoms with Gasteiger partial charge >= 0.3 is 0 Å². The minimum atomic E-state index is 0.367. The molecule has 2 rings (SSSR count). The Morgan fingerprint density at radius 2 is 1.52 bits per heavy atom. The second kappa shape index (κ2) is 7.42. The third-order valence-electron chi connectivity index (χ3n) is 4.04. The molecule has 21 heavy (non-hydrogen) atoms. The monoisotopic (exact) mass is 281 g/mol. The molecule has 0 bridgehead atoms. The van der Waals surface area contributed by atoms with Crippen LogP contribution in [0.1, 0.15) is 54.5 Å². The van der Waals surface area contributed by atoms with E-state index in [9.17, 15) is 0 Å². The third kappa shape index (κ3) is 4.18. The van der Waals surface area contributed by atoms with Crippen LogP contribution >= 0.6 is 0 Å². The lowest BCUT2D eigenvalue weighted by Gasteiger charge is -2.27. The average molecular weight is 281 g/mol. The number of rotatable bonds is 6. The van der Waals surface area contributed by atoms with Crippen LogP contribution in [0.3, 0.4) is 0 Å². The topological polar surface area (TPSA) is 12.0 Å². The van der Waals surface area contributed by atoms with Crippen molar-refractivity contribution in [2.24, 2.45) is 0 Å². The lowest BCUT2D eigenvalue weighted by Crippen LogP contribution is -2.27. The Hall–Kier alpha value is -1.60. The average Bonchev–Trinajstić information content (AvgIpc) is 2.47. The molecule has 0 spiro atoms. The SMILES string of the molecule is CCCNC(c1cc(C)cc(C)c1)C(C)c1ccccc1. The van der Waals surface area contributed by atoms with Crippen LogP contribution in [0.25, 0.3) is 0 Å². The van der Waals surface area contributed by atoms with Crippen LogP contribution in [0.2, 0.25) is 0 Å². The van der Waals surface area contributed by atoms with Gasteiger partial charge in [-0.25, -0.2) is 0 Å². The maximum Gasteiger partial charge on any atom is 0.0387 e. The Bertz CT molecular complexity index is 539. The van der Waals surface area contributed by atoms with Crippen LogP contribution < -0.4 is 5.32 Å². The van der Waals surface area contributed by atoms with Crippen molar-refractivity contribution in [2.75, 3.05) is 6.54 Å². The normalized spacial score (nSPS) is 13.9. The summed E-state index contributed by atoms with van der Waals surface area (Å²) in [4.78, 5) is 0. The first kappa shape index (κ1) is 15.8. The summed E-state index contributed by atoms with van der Waals surface area (Å²) >= 11 is 0. The van der Waals surface area contributed by atoms with Crippen molar-refractivity contribution in [1.29, 1.82) is 0 Å². The van der Waals surface area contributed by atoms with E-state index in [1.807, 2.05) is 0 Å². The van der Waals surface area contributed by atoms with Gasteiger partial charge in [0.25, 0.3) is 0 Å². The molecule has 2 aromatic rings. The minimum Gasteiger partial charge on any atom is -0.309 e. The van der Waals surface area contributed by atoms with Crippen molar-refractivity contribution in [1.82, 2.24) is 5.32 Å². The summed E-state index contributed by atoms with van der Waals surface area (Å²) in [5.41, 5.74) is 5.48. The van der Waals surface area contributed by atoms with Gasteiger partial charge in [0.1, 0.15) is 0 Å². The number of hydrogen-bond donors (Lipinski definition) is 1. The molecule has 2 aromatic carbocycles. The largest absolute Gasteiger partial charge is 0.309 e. The maximum atomic E-state index is 3.74. The summed E-state index contributed by atoms with van der Waals surface area (Å²) in [5, 5.41) is 3.74. The van der Waals surface area contributed by atoms with Gasteiger partial charge in [-0.3, -0.25) is 0 Å². The molecule has 0 aliphatic heterocycles. The van der Waals surface area contributed by atoms with Gasteiger partial charge in [-0.15, -0.1) is 0 Å². The van der Waals surface area contributed by atoms with Crippen LogP contribution in [0.4, 0.5) is 0 Å². The molecule has 0 saturated carbocycles. The van der Waals surface area contributed by atoms with Crippen molar-refractivity contribution in [2.45, 2.75) is 46.1 Å². The van der Waals surface area contributed by atoms with Crippen molar-refractivity contribution in [3.8, 4) is 0 Å². The maximum absolute atomic E-state index is 3.74. The summed E-state index contributed by atoms with van der Waals surface area (Å²) in [6.07, 6.45) is 1.16. The Morgan fingerprint density at radius 3 is 2.10 bits per heavy atom. The van der Waals surface area contributed by atoms with Crippen LogP contribution in [-0.2, 0) is 0 Å². The number of aryl methyl sites for hydroxylation is 2. The van der Waals surface area contributed by atoms with Crippen molar-refractivity contribution in [3.63, 3.8) is 0 Å². The van der Waals surface area contributed by atoms with Crippen LogP contribution in [0, 0.1) is 13.8 Å². The number of hydrogen-bond acceptors (Lipinski definition) is 1. The van der Waals surface area contributed by atoms with Gasteiger partial charge in [0.2, 0.25) is 0 Å². The molecule has 0 radical (unpaired) electrons. The summed E-state index contributed by atoms with van der Waals surface area (Å²) in [6, 6.07) is 18.1. The van der Waals surface area contributed by atoms with E-state index < -0.39 is 0 Å². The van der Waals surface area contributed by atoms with Crippen molar-refractivity contribution in [3.05, 3.63) is 70.8 Å². The van der Waals surface area contributed by atoms with E-state index in [1.54, 1.807) is 0 Å². The molecule has 0 heterocycles. The molecule has 1 heteroatoms. The zero-order chi connectivity index (χ0) is 15.2. The van der Waals surface area contributed by atoms with Gasteiger partial charge in [0.15, 0.2) is 0 Å². The molecule has 0 fully saturated rings. The Balaban J connectivity index is 2.33. The van der Waals surface area contributed by atoms with Gasteiger partial charge in [0, 0.05) is 12.0 Å². The third-order valence-corrected chi connectivity index (χ3v) is 4.04. The Kier molecular flexibility index (Phi) is 5.58. The molecule has 1 N–H and O–H groups in total. The molecule has 0 aromatic heterocycles. The van der Waals surface area contributed by atoms with Gasteiger partial charge < -0.3 is 5.32 Å². The van der Waals surface area contributed by atoms with Gasteiger partial charge in [0.05, 0.1) is 0 Å². The Labute approximate surface area is 129 Å². The summed E-state index contributed by atoms with van der Waals surface area (Å²) < 4.78 is 0. The first-order valence-electron chi connectivity index (χ1n) is 7.98. The molecule has 0 saturated heterocycles. The van der Waals surface area contributed by atoms with Gasteiger partial charge in [-0.1, -0.05) is 73.5 Å². The second-order valence-corrected chi connectivity index (χ2v) is 6.05. The highest BCUT2D eigenvalue weighted by molar-refractivity contribution is 5.33. The first-order valence-corrected chi connectivity index (χ1v) is 7.98. The highest BCUT2D eigenvalue weighted by atomic mass is 14.9. The van der Waals surface area contributed by atoms with E-state index in [4.69, 9.17) is 0 Å². The molecular weight excluding hydrogens is 254 g/mol. The van der Waals surface area contributed by atoms with Crippen LogP contribution in [0.15, 0.2) is 48.5 Å². The molecule has 1 nitrogen and oxygen atoms in total. The smallest absolute Gasteiger partial charge is 0.0387 e. The summed E-state index contributed by atoms with van der Waals surface area (Å²) in [7, 11) is 0. The quantitative estimate of drug-likeness (QED) is 0.772. The summed E-state index contributed by atoms with van der Waals surface area (Å²) in [6.45, 7) is 9.95. The van der Waals surface area contributed by atoms with Crippen molar-refractivity contribution < 1.29 is 0 Å². The fourth-order valence-corrected chi connectivity index (χ4v) is 3.02. The molecule has 2 unspecified atom stereocenters. The zero-order valence-electron chi connectivity index (χ0n) is 13.7. The van der Waals surface area contributed by atoms with E-state index >= 15 is 0 Å². The predicted octanol–water partition coefficient (Wildman–Crippen LogP) is 5.15. The fraction of sp³-hybridized carbons (Fsp3) is 0.400. The van der Waals surface area contributed by atoms with Crippen LogP contribution in [-0.4, -0.2) is 6.54 Å². The van der Waals surface area contributed by atoms with Crippen molar-refractivity contribution >= 4 is 0 Å². The van der Waals surface area contributed by atoms with E-state index in [1.165, 1.54) is 22.3 Å². The van der Waals surface area contributed by atoms with E-state index in [0.717, 1.165) is 13.0 Å². The first-order chi connectivity index (χ1) is 10.1. The predicted molar refractivity (Wildman–Crippen MR) is 91.8 cm³/mol. The highest BCUT2D eigenvalue weighted by Gasteiger charge is 2.20.